The molecule has 2 atom stereocenters. The van der Waals surface area contributed by atoms with Crippen molar-refractivity contribution in [1.29, 1.82) is 0 Å². The molecular formula is C17H28O9. The average molecular weight is 376 g/mol. The van der Waals surface area contributed by atoms with Crippen LogP contribution in [0.25, 0.3) is 0 Å². The Bertz CT molecular complexity index is 441. The molecule has 0 aromatic carbocycles. The summed E-state index contributed by atoms with van der Waals surface area (Å²) in [7, 11) is 0. The van der Waals surface area contributed by atoms with Crippen LogP contribution >= 0.6 is 0 Å². The van der Waals surface area contributed by atoms with Gasteiger partial charge in [-0.3, -0.25) is 0 Å². The summed E-state index contributed by atoms with van der Waals surface area (Å²) in [6.45, 7) is 7.97. The van der Waals surface area contributed by atoms with Crippen LogP contribution in [0, 0.1) is 11.8 Å². The van der Waals surface area contributed by atoms with E-state index in [9.17, 15) is 14.4 Å². The van der Waals surface area contributed by atoms with Crippen LogP contribution in [0.1, 0.15) is 47.0 Å². The van der Waals surface area contributed by atoms with Crippen LogP contribution in [0.5, 0.6) is 0 Å². The van der Waals surface area contributed by atoms with E-state index in [0.717, 1.165) is 0 Å². The SMILES string of the molecule is CC(C)COC(=O)OC1CC(OC(=O)O)CC(OC(=O)OCC(C)C)C1. The Balaban J connectivity index is 2.59. The predicted molar refractivity (Wildman–Crippen MR) is 88.9 cm³/mol. The fraction of sp³-hybridized carbons (Fsp3) is 0.824. The highest BCUT2D eigenvalue weighted by Gasteiger charge is 2.36. The molecular weight excluding hydrogens is 348 g/mol. The third-order valence-corrected chi connectivity index (χ3v) is 3.44. The molecule has 1 aliphatic rings. The summed E-state index contributed by atoms with van der Waals surface area (Å²) < 4.78 is 25.1. The molecule has 1 N–H and O–H groups in total. The molecule has 2 unspecified atom stereocenters. The van der Waals surface area contributed by atoms with Gasteiger partial charge in [0.1, 0.15) is 18.3 Å². The number of ether oxygens (including phenoxy) is 5. The fourth-order valence-electron chi connectivity index (χ4n) is 2.41. The minimum absolute atomic E-state index is 0.156. The zero-order valence-electron chi connectivity index (χ0n) is 15.6. The van der Waals surface area contributed by atoms with Crippen molar-refractivity contribution in [3.63, 3.8) is 0 Å². The molecule has 1 saturated carbocycles. The van der Waals surface area contributed by atoms with Crippen LogP contribution in [0.2, 0.25) is 0 Å². The van der Waals surface area contributed by atoms with Gasteiger partial charge in [-0.15, -0.1) is 0 Å². The van der Waals surface area contributed by atoms with Crippen LogP contribution < -0.4 is 0 Å². The predicted octanol–water partition coefficient (Wildman–Crippen LogP) is 3.59. The molecule has 0 saturated heterocycles. The number of rotatable bonds is 7. The van der Waals surface area contributed by atoms with Crippen LogP contribution in [-0.2, 0) is 23.7 Å². The van der Waals surface area contributed by atoms with Gasteiger partial charge < -0.3 is 28.8 Å². The molecule has 0 amide bonds. The average Bonchev–Trinajstić information content (AvgIpc) is 2.50. The first-order valence-corrected chi connectivity index (χ1v) is 8.72. The molecule has 1 fully saturated rings. The van der Waals surface area contributed by atoms with Crippen molar-refractivity contribution in [3.05, 3.63) is 0 Å². The molecule has 26 heavy (non-hydrogen) atoms. The van der Waals surface area contributed by atoms with Crippen LogP contribution in [0.4, 0.5) is 14.4 Å². The highest BCUT2D eigenvalue weighted by atomic mass is 16.7. The largest absolute Gasteiger partial charge is 0.508 e. The highest BCUT2D eigenvalue weighted by molar-refractivity contribution is 5.61. The number of carbonyl (C=O) groups excluding carboxylic acids is 2. The molecule has 150 valence electrons. The molecule has 0 heterocycles. The molecule has 0 bridgehead atoms. The van der Waals surface area contributed by atoms with E-state index in [-0.39, 0.29) is 44.3 Å². The maximum atomic E-state index is 11.7. The Morgan fingerprint density at radius 1 is 0.769 bits per heavy atom. The van der Waals surface area contributed by atoms with Gasteiger partial charge in [0.05, 0.1) is 13.2 Å². The first kappa shape index (κ1) is 21.9. The summed E-state index contributed by atoms with van der Waals surface area (Å²) in [5, 5.41) is 8.81. The van der Waals surface area contributed by atoms with E-state index in [1.54, 1.807) is 0 Å². The summed E-state index contributed by atoms with van der Waals surface area (Å²) >= 11 is 0. The Morgan fingerprint density at radius 3 is 1.42 bits per heavy atom. The van der Waals surface area contributed by atoms with Gasteiger partial charge in [-0.25, -0.2) is 14.4 Å². The normalized spacial score (nSPS) is 22.6. The number of carbonyl (C=O) groups is 3. The summed E-state index contributed by atoms with van der Waals surface area (Å²) in [5.41, 5.74) is 0. The van der Waals surface area contributed by atoms with Gasteiger partial charge in [0.2, 0.25) is 0 Å². The molecule has 0 radical (unpaired) electrons. The quantitative estimate of drug-likeness (QED) is 0.525. The Labute approximate surface area is 152 Å². The van der Waals surface area contributed by atoms with Crippen molar-refractivity contribution >= 4 is 18.5 Å². The van der Waals surface area contributed by atoms with Gasteiger partial charge in [0.25, 0.3) is 0 Å². The van der Waals surface area contributed by atoms with E-state index in [1.807, 2.05) is 27.7 Å². The van der Waals surface area contributed by atoms with Gasteiger partial charge in [0.15, 0.2) is 0 Å². The molecule has 1 rings (SSSR count). The van der Waals surface area contributed by atoms with E-state index in [4.69, 9.17) is 28.8 Å². The lowest BCUT2D eigenvalue weighted by molar-refractivity contribution is -0.0753. The Hall–Kier alpha value is -2.19. The number of carboxylic acid groups (broad SMARTS) is 1. The molecule has 0 aromatic heterocycles. The van der Waals surface area contributed by atoms with Gasteiger partial charge in [-0.1, -0.05) is 27.7 Å². The van der Waals surface area contributed by atoms with Crippen molar-refractivity contribution in [3.8, 4) is 0 Å². The van der Waals surface area contributed by atoms with E-state index in [0.29, 0.717) is 0 Å². The lowest BCUT2D eigenvalue weighted by Gasteiger charge is -2.32. The molecule has 0 aromatic rings. The fourth-order valence-corrected chi connectivity index (χ4v) is 2.41. The number of hydrogen-bond donors (Lipinski definition) is 1. The third kappa shape index (κ3) is 9.33. The van der Waals surface area contributed by atoms with Crippen LogP contribution in [0.3, 0.4) is 0 Å². The second-order valence-electron chi connectivity index (χ2n) is 7.10. The van der Waals surface area contributed by atoms with Crippen molar-refractivity contribution in [2.75, 3.05) is 13.2 Å². The van der Waals surface area contributed by atoms with Crippen LogP contribution in [0.15, 0.2) is 0 Å². The van der Waals surface area contributed by atoms with Crippen molar-refractivity contribution < 1.29 is 43.2 Å². The maximum Gasteiger partial charge on any atom is 0.508 e. The van der Waals surface area contributed by atoms with Crippen molar-refractivity contribution in [2.24, 2.45) is 11.8 Å². The molecule has 1 aliphatic carbocycles. The zero-order chi connectivity index (χ0) is 19.7. The summed E-state index contributed by atoms with van der Waals surface area (Å²) in [6.07, 6.45) is -4.71. The van der Waals surface area contributed by atoms with Gasteiger partial charge in [-0.2, -0.15) is 0 Å². The zero-order valence-corrected chi connectivity index (χ0v) is 15.6. The summed E-state index contributed by atoms with van der Waals surface area (Å²) in [5.74, 6) is 0.313. The third-order valence-electron chi connectivity index (χ3n) is 3.44. The monoisotopic (exact) mass is 376 g/mol. The van der Waals surface area contributed by atoms with E-state index in [2.05, 4.69) is 0 Å². The van der Waals surface area contributed by atoms with Crippen molar-refractivity contribution in [1.82, 2.24) is 0 Å². The Kier molecular flexibility index (Phi) is 9.01. The first-order valence-electron chi connectivity index (χ1n) is 8.72. The minimum atomic E-state index is -1.45. The molecule has 9 heteroatoms. The van der Waals surface area contributed by atoms with Gasteiger partial charge >= 0.3 is 18.5 Å². The standard InChI is InChI=1S/C17H28O9/c1-10(2)8-22-16(20)25-13-5-12(24-15(18)19)6-14(7-13)26-17(21)23-9-11(3)4/h10-14H,5-9H2,1-4H3,(H,18,19). The van der Waals surface area contributed by atoms with E-state index in [1.165, 1.54) is 0 Å². The van der Waals surface area contributed by atoms with E-state index >= 15 is 0 Å². The number of hydrogen-bond acceptors (Lipinski definition) is 8. The van der Waals surface area contributed by atoms with Gasteiger partial charge in [-0.05, 0) is 11.8 Å². The first-order chi connectivity index (χ1) is 12.2. The maximum absolute atomic E-state index is 11.7. The molecule has 9 nitrogen and oxygen atoms in total. The smallest absolute Gasteiger partial charge is 0.450 e. The molecule has 0 spiro atoms. The lowest BCUT2D eigenvalue weighted by Crippen LogP contribution is -2.40. The van der Waals surface area contributed by atoms with Crippen LogP contribution in [-0.4, -0.2) is 55.1 Å². The highest BCUT2D eigenvalue weighted by Crippen LogP contribution is 2.27. The van der Waals surface area contributed by atoms with E-state index < -0.39 is 36.8 Å². The Morgan fingerprint density at radius 2 is 1.12 bits per heavy atom. The second kappa shape index (κ2) is 10.7. The molecule has 0 aliphatic heterocycles. The summed E-state index contributed by atoms with van der Waals surface area (Å²) in [4.78, 5) is 34.2. The van der Waals surface area contributed by atoms with Crippen molar-refractivity contribution in [2.45, 2.75) is 65.3 Å². The minimum Gasteiger partial charge on any atom is -0.450 e. The second-order valence-corrected chi connectivity index (χ2v) is 7.10. The summed E-state index contributed by atoms with van der Waals surface area (Å²) in [6, 6.07) is 0. The van der Waals surface area contributed by atoms with Gasteiger partial charge in [0, 0.05) is 19.3 Å². The topological polar surface area (TPSA) is 118 Å². The lowest BCUT2D eigenvalue weighted by atomic mass is 9.92.